The normalized spacial score (nSPS) is 17.9. The highest BCUT2D eigenvalue weighted by Crippen LogP contribution is 2.35. The lowest BCUT2D eigenvalue weighted by Gasteiger charge is -2.41. The van der Waals surface area contributed by atoms with Crippen LogP contribution in [-0.4, -0.2) is 53.7 Å². The first-order chi connectivity index (χ1) is 17.4. The van der Waals surface area contributed by atoms with Crippen LogP contribution in [0.1, 0.15) is 42.3 Å². The number of fused-ring (bicyclic) bond motifs is 1. The zero-order valence-corrected chi connectivity index (χ0v) is 21.5. The maximum Gasteiger partial charge on any atom is 0.318 e. The average molecular weight is 504 g/mol. The molecule has 1 fully saturated rings. The van der Waals surface area contributed by atoms with E-state index in [0.717, 1.165) is 45.4 Å². The highest BCUT2D eigenvalue weighted by atomic mass is 35.5. The summed E-state index contributed by atoms with van der Waals surface area (Å²) in [5, 5.41) is 3.87. The zero-order valence-electron chi connectivity index (χ0n) is 20.7. The molecule has 0 unspecified atom stereocenters. The van der Waals surface area contributed by atoms with Gasteiger partial charge in [0.2, 0.25) is 0 Å². The molecule has 0 radical (unpaired) electrons. The van der Waals surface area contributed by atoms with Crippen molar-refractivity contribution < 1.29 is 9.53 Å². The van der Waals surface area contributed by atoms with Gasteiger partial charge in [-0.2, -0.15) is 0 Å². The molecule has 0 spiro atoms. The van der Waals surface area contributed by atoms with Gasteiger partial charge in [-0.25, -0.2) is 14.8 Å². The molecule has 186 valence electrons. The number of halogens is 1. The molecular weight excluding hydrogens is 474 g/mol. The van der Waals surface area contributed by atoms with Gasteiger partial charge in [0, 0.05) is 42.7 Å². The lowest BCUT2D eigenvalue weighted by atomic mass is 10.1. The van der Waals surface area contributed by atoms with Gasteiger partial charge >= 0.3 is 6.03 Å². The molecule has 1 aliphatic carbocycles. The Morgan fingerprint density at radius 1 is 1.17 bits per heavy atom. The van der Waals surface area contributed by atoms with Crippen molar-refractivity contribution in [1.82, 2.24) is 20.2 Å². The summed E-state index contributed by atoms with van der Waals surface area (Å²) in [5.41, 5.74) is 5.46. The summed E-state index contributed by atoms with van der Waals surface area (Å²) in [5.74, 6) is 1.71. The number of allylic oxidation sites excluding steroid dienone is 1. The van der Waals surface area contributed by atoms with Gasteiger partial charge in [0.25, 0.3) is 0 Å². The minimum Gasteiger partial charge on any atom is -0.497 e. The summed E-state index contributed by atoms with van der Waals surface area (Å²) in [6.07, 6.45) is 4.60. The van der Waals surface area contributed by atoms with E-state index < -0.39 is 0 Å². The Hall–Kier alpha value is -3.58. The summed E-state index contributed by atoms with van der Waals surface area (Å²) >= 11 is 6.07. The second-order valence-corrected chi connectivity index (χ2v) is 9.78. The third kappa shape index (κ3) is 4.88. The molecule has 2 aromatic carbocycles. The van der Waals surface area contributed by atoms with E-state index in [-0.39, 0.29) is 18.1 Å². The molecule has 1 saturated heterocycles. The standard InChI is InChI=1S/C28H30ClN5O2/c1-18-16-33(11-12-34(18)28(35)32-19(2)21-5-4-6-24(13-21)36-3)27-25-14-22(15-26(25)30-17-31-27)20-7-9-23(29)10-8-20/h4-10,13-14,17-19H,11-12,15-16H2,1-3H3,(H,32,35)/t18-,19+/m1/s1. The fourth-order valence-electron chi connectivity index (χ4n) is 4.93. The number of methoxy groups -OCH3 is 1. The number of nitrogens with zero attached hydrogens (tertiary/aromatic N) is 4. The highest BCUT2D eigenvalue weighted by Gasteiger charge is 2.31. The van der Waals surface area contributed by atoms with E-state index in [9.17, 15) is 4.79 Å². The number of hydrogen-bond acceptors (Lipinski definition) is 5. The number of carbonyl (C=O) groups excluding carboxylic acids is 1. The first-order valence-electron chi connectivity index (χ1n) is 12.2. The van der Waals surface area contributed by atoms with Gasteiger partial charge < -0.3 is 19.9 Å². The number of hydrogen-bond donors (Lipinski definition) is 1. The van der Waals surface area contributed by atoms with Gasteiger partial charge in [0.1, 0.15) is 17.9 Å². The number of carbonyl (C=O) groups is 1. The van der Waals surface area contributed by atoms with E-state index in [1.165, 1.54) is 5.57 Å². The molecule has 36 heavy (non-hydrogen) atoms. The minimum atomic E-state index is -0.126. The van der Waals surface area contributed by atoms with Crippen LogP contribution < -0.4 is 15.0 Å². The fourth-order valence-corrected chi connectivity index (χ4v) is 5.06. The summed E-state index contributed by atoms with van der Waals surface area (Å²) in [6, 6.07) is 15.5. The van der Waals surface area contributed by atoms with E-state index in [0.29, 0.717) is 19.6 Å². The van der Waals surface area contributed by atoms with Crippen molar-refractivity contribution in [1.29, 1.82) is 0 Å². The van der Waals surface area contributed by atoms with Crippen LogP contribution in [0.3, 0.4) is 0 Å². The van der Waals surface area contributed by atoms with Crippen molar-refractivity contribution in [3.8, 4) is 5.75 Å². The van der Waals surface area contributed by atoms with Gasteiger partial charge in [-0.05, 0) is 60.9 Å². The van der Waals surface area contributed by atoms with Gasteiger partial charge in [0.15, 0.2) is 0 Å². The van der Waals surface area contributed by atoms with Crippen LogP contribution in [0.2, 0.25) is 5.02 Å². The third-order valence-electron chi connectivity index (χ3n) is 6.96. The van der Waals surface area contributed by atoms with E-state index >= 15 is 0 Å². The number of urea groups is 1. The molecule has 2 atom stereocenters. The van der Waals surface area contributed by atoms with Crippen molar-refractivity contribution in [2.24, 2.45) is 0 Å². The second kappa shape index (κ2) is 10.2. The van der Waals surface area contributed by atoms with Gasteiger partial charge in [-0.3, -0.25) is 0 Å². The quantitative estimate of drug-likeness (QED) is 0.517. The first-order valence-corrected chi connectivity index (χ1v) is 12.6. The highest BCUT2D eigenvalue weighted by molar-refractivity contribution is 6.30. The van der Waals surface area contributed by atoms with Crippen LogP contribution in [0.4, 0.5) is 10.6 Å². The number of anilines is 1. The number of amides is 2. The zero-order chi connectivity index (χ0) is 25.2. The van der Waals surface area contributed by atoms with Crippen molar-refractivity contribution in [2.75, 3.05) is 31.6 Å². The van der Waals surface area contributed by atoms with Crippen molar-refractivity contribution >= 4 is 35.1 Å². The number of nitrogens with one attached hydrogen (secondary N) is 1. The Morgan fingerprint density at radius 2 is 1.97 bits per heavy atom. The Balaban J connectivity index is 1.27. The van der Waals surface area contributed by atoms with Crippen LogP contribution in [-0.2, 0) is 6.42 Å². The molecule has 1 N–H and O–H groups in total. The number of aromatic nitrogens is 2. The van der Waals surface area contributed by atoms with Crippen LogP contribution in [0, 0.1) is 0 Å². The summed E-state index contributed by atoms with van der Waals surface area (Å²) in [7, 11) is 1.64. The van der Waals surface area contributed by atoms with Crippen LogP contribution >= 0.6 is 11.6 Å². The Labute approximate surface area is 216 Å². The van der Waals surface area contributed by atoms with E-state index in [1.807, 2.05) is 60.4 Å². The van der Waals surface area contributed by atoms with Crippen molar-refractivity contribution in [3.63, 3.8) is 0 Å². The molecule has 3 aromatic rings. The molecular formula is C28H30ClN5O2. The fraction of sp³-hybridized carbons (Fsp3) is 0.321. The maximum absolute atomic E-state index is 13.1. The first kappa shape index (κ1) is 24.1. The average Bonchev–Trinajstić information content (AvgIpc) is 3.33. The van der Waals surface area contributed by atoms with Gasteiger partial charge in [0.05, 0.1) is 18.8 Å². The maximum atomic E-state index is 13.1. The van der Waals surface area contributed by atoms with Crippen molar-refractivity contribution in [2.45, 2.75) is 32.4 Å². The molecule has 2 heterocycles. The predicted octanol–water partition coefficient (Wildman–Crippen LogP) is 5.22. The largest absolute Gasteiger partial charge is 0.497 e. The summed E-state index contributed by atoms with van der Waals surface area (Å²) < 4.78 is 5.32. The molecule has 0 bridgehead atoms. The molecule has 0 saturated carbocycles. The number of rotatable bonds is 5. The third-order valence-corrected chi connectivity index (χ3v) is 7.21. The number of benzene rings is 2. The molecule has 8 heteroatoms. The molecule has 5 rings (SSSR count). The van der Waals surface area contributed by atoms with Crippen LogP contribution in [0.15, 0.2) is 54.9 Å². The van der Waals surface area contributed by atoms with Crippen molar-refractivity contribution in [3.05, 3.63) is 82.3 Å². The van der Waals surface area contributed by atoms with Crippen LogP contribution in [0.25, 0.3) is 11.6 Å². The SMILES string of the molecule is COc1cccc([C@H](C)NC(=O)N2CCN(c3ncnc4c3C=C(c3ccc(Cl)cc3)C4)C[C@H]2C)c1. The lowest BCUT2D eigenvalue weighted by Crippen LogP contribution is -2.57. The van der Waals surface area contributed by atoms with E-state index in [2.05, 4.69) is 33.2 Å². The Morgan fingerprint density at radius 3 is 2.72 bits per heavy atom. The second-order valence-electron chi connectivity index (χ2n) is 9.35. The summed E-state index contributed by atoms with van der Waals surface area (Å²) in [6.45, 7) is 6.10. The van der Waals surface area contributed by atoms with E-state index in [4.69, 9.17) is 16.3 Å². The smallest absolute Gasteiger partial charge is 0.318 e. The predicted molar refractivity (Wildman–Crippen MR) is 143 cm³/mol. The molecule has 2 amide bonds. The molecule has 7 nitrogen and oxygen atoms in total. The lowest BCUT2D eigenvalue weighted by molar-refractivity contribution is 0.168. The monoisotopic (exact) mass is 503 g/mol. The minimum absolute atomic E-state index is 0.0305. The molecule has 2 aliphatic rings. The topological polar surface area (TPSA) is 70.6 Å². The van der Waals surface area contributed by atoms with E-state index in [1.54, 1.807) is 13.4 Å². The molecule has 1 aromatic heterocycles. The Bertz CT molecular complexity index is 1290. The molecule has 1 aliphatic heterocycles. The van der Waals surface area contributed by atoms with Gasteiger partial charge in [-0.15, -0.1) is 0 Å². The van der Waals surface area contributed by atoms with Crippen LogP contribution in [0.5, 0.6) is 5.75 Å². The number of piperazine rings is 1. The van der Waals surface area contributed by atoms with Gasteiger partial charge in [-0.1, -0.05) is 35.9 Å². The Kier molecular flexibility index (Phi) is 6.83. The number of ether oxygens (including phenoxy) is 1. The summed E-state index contributed by atoms with van der Waals surface area (Å²) in [4.78, 5) is 26.5.